The van der Waals surface area contributed by atoms with Crippen LogP contribution in [-0.2, 0) is 24.9 Å². The summed E-state index contributed by atoms with van der Waals surface area (Å²) in [5.74, 6) is 0.0129. The number of ether oxygens (including phenoxy) is 1. The molecule has 0 aliphatic heterocycles. The molecule has 0 saturated heterocycles. The fourth-order valence-corrected chi connectivity index (χ4v) is 6.95. The number of amides is 1. The number of nitrogens with zero attached hydrogens (tertiary/aromatic N) is 4. The van der Waals surface area contributed by atoms with E-state index in [2.05, 4.69) is 63.9 Å². The molecule has 2 aliphatic rings. The van der Waals surface area contributed by atoms with Crippen LogP contribution in [-0.4, -0.2) is 64.2 Å². The van der Waals surface area contributed by atoms with Gasteiger partial charge in [-0.3, -0.25) is 18.8 Å². The maximum Gasteiger partial charge on any atom is 0.255 e. The van der Waals surface area contributed by atoms with Crippen molar-refractivity contribution in [3.8, 4) is 22.3 Å². The number of benzene rings is 2. The highest BCUT2D eigenvalue weighted by Crippen LogP contribution is 2.59. The molecule has 6 rings (SSSR count). The van der Waals surface area contributed by atoms with E-state index in [1.165, 1.54) is 0 Å². The third-order valence-electron chi connectivity index (χ3n) is 9.74. The Morgan fingerprint density at radius 2 is 1.74 bits per heavy atom. The molecule has 2 heterocycles. The number of nitrogens with two attached hydrogens (primary N) is 1. The van der Waals surface area contributed by atoms with E-state index < -0.39 is 6.67 Å². The lowest BCUT2D eigenvalue weighted by Crippen LogP contribution is -2.40. The molecule has 248 valence electrons. The minimum Gasteiger partial charge on any atom is -0.383 e. The van der Waals surface area contributed by atoms with E-state index in [-0.39, 0.29) is 36.0 Å². The van der Waals surface area contributed by atoms with Gasteiger partial charge in [0.05, 0.1) is 31.1 Å². The first-order valence-electron chi connectivity index (χ1n) is 16.6. The van der Waals surface area contributed by atoms with E-state index in [9.17, 15) is 13.6 Å². The van der Waals surface area contributed by atoms with Crippen molar-refractivity contribution < 1.29 is 18.3 Å². The number of pyridine rings is 1. The van der Waals surface area contributed by atoms with Crippen molar-refractivity contribution in [3.05, 3.63) is 89.9 Å². The lowest BCUT2D eigenvalue weighted by molar-refractivity contribution is 0.0682. The van der Waals surface area contributed by atoms with E-state index in [4.69, 9.17) is 10.5 Å². The lowest BCUT2D eigenvalue weighted by Gasteiger charge is -2.22. The van der Waals surface area contributed by atoms with Crippen LogP contribution < -0.4 is 11.1 Å². The highest BCUT2D eigenvalue weighted by Gasteiger charge is 2.62. The van der Waals surface area contributed by atoms with Gasteiger partial charge in [0.2, 0.25) is 0 Å². The Bertz CT molecular complexity index is 1640. The fourth-order valence-electron chi connectivity index (χ4n) is 6.95. The Morgan fingerprint density at radius 1 is 1.00 bits per heavy atom. The van der Waals surface area contributed by atoms with Gasteiger partial charge in [0, 0.05) is 55.1 Å². The molecule has 1 spiro atoms. The minimum absolute atomic E-state index is 0.0333. The summed E-state index contributed by atoms with van der Waals surface area (Å²) in [6.45, 7) is 1.51. The first kappa shape index (κ1) is 32.8. The summed E-state index contributed by atoms with van der Waals surface area (Å²) in [6, 6.07) is 18.6. The number of carbonyl (C=O) groups excluding carboxylic acids is 1. The Labute approximate surface area is 275 Å². The van der Waals surface area contributed by atoms with Crippen LogP contribution in [0, 0.1) is 5.41 Å². The first-order valence-corrected chi connectivity index (χ1v) is 16.6. The summed E-state index contributed by atoms with van der Waals surface area (Å²) in [5, 5.41) is 7.48. The number of halogens is 2. The van der Waals surface area contributed by atoms with Crippen LogP contribution >= 0.6 is 0 Å². The molecule has 4 aromatic rings. The Balaban J connectivity index is 1.01. The maximum absolute atomic E-state index is 13.4. The highest BCUT2D eigenvalue weighted by molar-refractivity contribution is 5.99. The summed E-state index contributed by atoms with van der Waals surface area (Å²) in [6.07, 6.45) is 10.6. The third kappa shape index (κ3) is 7.71. The molecule has 8 nitrogen and oxygen atoms in total. The van der Waals surface area contributed by atoms with Gasteiger partial charge < -0.3 is 15.8 Å². The fraction of sp³-hybridized carbons (Fsp3) is 0.432. The van der Waals surface area contributed by atoms with Crippen molar-refractivity contribution in [3.63, 3.8) is 0 Å². The van der Waals surface area contributed by atoms with E-state index >= 15 is 0 Å². The summed E-state index contributed by atoms with van der Waals surface area (Å²) in [5.41, 5.74) is 12.6. The monoisotopic (exact) mass is 642 g/mol. The maximum atomic E-state index is 13.4. The molecule has 2 aliphatic carbocycles. The number of aryl methyl sites for hydroxylation is 1. The zero-order valence-electron chi connectivity index (χ0n) is 27.0. The van der Waals surface area contributed by atoms with Gasteiger partial charge in [-0.15, -0.1) is 0 Å². The summed E-state index contributed by atoms with van der Waals surface area (Å²) in [7, 11) is 1.85. The number of anilines is 1. The number of hydrogen-bond donors (Lipinski definition) is 2. The van der Waals surface area contributed by atoms with Crippen molar-refractivity contribution >= 4 is 11.7 Å². The average Bonchev–Trinajstić information content (AvgIpc) is 3.36. The number of carbonyl (C=O) groups is 1. The summed E-state index contributed by atoms with van der Waals surface area (Å²) < 4.78 is 33.6. The topological polar surface area (TPSA) is 98.3 Å². The number of nitrogens with one attached hydrogen (secondary N) is 1. The molecule has 10 heteroatoms. The van der Waals surface area contributed by atoms with Crippen molar-refractivity contribution in [2.75, 3.05) is 32.2 Å². The van der Waals surface area contributed by atoms with Crippen LogP contribution in [0.1, 0.15) is 60.0 Å². The standard InChI is InChI=1S/C37H44F2N6O2/c1-44-24-31(22-42-44)30-19-32(35(40)41-21-30)36(46)43-33-5-4-14-37(33)20-34(37)47-25-27-8-12-29(13-9-27)28-10-6-26(7-11-28)23-45(18-16-39)17-3-2-15-38/h6-13,19,21-22,24,33-34H,2-5,14-18,20,23,25H2,1H3,(H2,40,41)(H,43,46). The van der Waals surface area contributed by atoms with Gasteiger partial charge in [-0.1, -0.05) is 55.0 Å². The summed E-state index contributed by atoms with van der Waals surface area (Å²) >= 11 is 0. The Morgan fingerprint density at radius 3 is 2.43 bits per heavy atom. The first-order chi connectivity index (χ1) is 22.9. The van der Waals surface area contributed by atoms with Gasteiger partial charge >= 0.3 is 0 Å². The lowest BCUT2D eigenvalue weighted by atomic mass is 9.99. The molecule has 2 aromatic carbocycles. The Kier molecular flexibility index (Phi) is 10.3. The quantitative estimate of drug-likeness (QED) is 0.144. The van der Waals surface area contributed by atoms with Crippen molar-refractivity contribution in [1.82, 2.24) is 25.0 Å². The van der Waals surface area contributed by atoms with Gasteiger partial charge in [0.25, 0.3) is 5.91 Å². The minimum atomic E-state index is -0.404. The number of unbranched alkanes of at least 4 members (excludes halogenated alkanes) is 1. The van der Waals surface area contributed by atoms with Crippen LogP contribution in [0.25, 0.3) is 22.3 Å². The van der Waals surface area contributed by atoms with Crippen LogP contribution in [0.4, 0.5) is 14.6 Å². The van der Waals surface area contributed by atoms with Crippen LogP contribution in [0.2, 0.25) is 0 Å². The zero-order chi connectivity index (χ0) is 32.8. The van der Waals surface area contributed by atoms with E-state index in [0.717, 1.165) is 65.5 Å². The van der Waals surface area contributed by atoms with Crippen LogP contribution in [0.3, 0.4) is 0 Å². The molecule has 3 atom stereocenters. The molecular formula is C37H44F2N6O2. The molecule has 2 aromatic heterocycles. The SMILES string of the molecule is Cn1cc(-c2cnc(N)c(C(=O)NC3CCCC34CC4OCc3ccc(-c4ccc(CN(CCF)CCCCF)cc4)cc3)c2)cn1. The second-order valence-corrected chi connectivity index (χ2v) is 13.0. The predicted octanol–water partition coefficient (Wildman–Crippen LogP) is 6.51. The molecule has 3 unspecified atom stereocenters. The molecule has 3 N–H and O–H groups in total. The second-order valence-electron chi connectivity index (χ2n) is 13.0. The summed E-state index contributed by atoms with van der Waals surface area (Å²) in [4.78, 5) is 19.7. The normalized spacial score (nSPS) is 20.3. The van der Waals surface area contributed by atoms with Crippen molar-refractivity contribution in [2.45, 2.75) is 63.8 Å². The highest BCUT2D eigenvalue weighted by atomic mass is 19.1. The van der Waals surface area contributed by atoms with Gasteiger partial charge in [-0.25, -0.2) is 9.37 Å². The van der Waals surface area contributed by atoms with Crippen LogP contribution in [0.5, 0.6) is 0 Å². The molecule has 0 radical (unpaired) electrons. The van der Waals surface area contributed by atoms with Crippen molar-refractivity contribution in [1.29, 1.82) is 0 Å². The molecule has 2 saturated carbocycles. The zero-order valence-corrected chi connectivity index (χ0v) is 27.0. The second kappa shape index (κ2) is 14.7. The van der Waals surface area contributed by atoms with E-state index in [1.54, 1.807) is 23.1 Å². The largest absolute Gasteiger partial charge is 0.383 e. The molecule has 2 fully saturated rings. The van der Waals surface area contributed by atoms with Gasteiger partial charge in [-0.2, -0.15) is 5.10 Å². The van der Waals surface area contributed by atoms with Gasteiger partial charge in [0.15, 0.2) is 0 Å². The van der Waals surface area contributed by atoms with E-state index in [0.29, 0.717) is 38.2 Å². The number of nitrogen functional groups attached to an aromatic ring is 1. The predicted molar refractivity (Wildman–Crippen MR) is 180 cm³/mol. The number of hydrogen-bond acceptors (Lipinski definition) is 6. The van der Waals surface area contributed by atoms with Crippen LogP contribution in [0.15, 0.2) is 73.2 Å². The number of alkyl halides is 2. The molecule has 47 heavy (non-hydrogen) atoms. The third-order valence-corrected chi connectivity index (χ3v) is 9.74. The Hall–Kier alpha value is -4.15. The average molecular weight is 643 g/mol. The van der Waals surface area contributed by atoms with Gasteiger partial charge in [-0.05, 0) is 67.0 Å². The molecule has 0 bridgehead atoms. The smallest absolute Gasteiger partial charge is 0.255 e. The van der Waals surface area contributed by atoms with Gasteiger partial charge in [0.1, 0.15) is 12.5 Å². The molecular weight excluding hydrogens is 598 g/mol. The molecule has 1 amide bonds. The number of aromatic nitrogens is 3. The van der Waals surface area contributed by atoms with Crippen molar-refractivity contribution in [2.24, 2.45) is 12.5 Å². The number of rotatable bonds is 15. The van der Waals surface area contributed by atoms with E-state index in [1.807, 2.05) is 18.1 Å².